The minimum Gasteiger partial charge on any atom is -0.496 e. The Morgan fingerprint density at radius 1 is 1.30 bits per heavy atom. The van der Waals surface area contributed by atoms with E-state index in [0.29, 0.717) is 6.54 Å². The standard InChI is InChI=1S/C18H24N2O3/c1-11-14(22-6)9-13-15-12(10-19(13)5)7-8-20(16(11)15)17(21)23-18(2,3)4/h9-10H,7-8H2,1-6H3. The Hall–Kier alpha value is -2.17. The summed E-state index contributed by atoms with van der Waals surface area (Å²) in [6, 6.07) is 2.04. The van der Waals surface area contributed by atoms with Crippen LogP contribution in [0, 0.1) is 6.92 Å². The highest BCUT2D eigenvalue weighted by atomic mass is 16.6. The maximum atomic E-state index is 12.7. The lowest BCUT2D eigenvalue weighted by Crippen LogP contribution is -2.40. The largest absolute Gasteiger partial charge is 0.496 e. The zero-order valence-electron chi connectivity index (χ0n) is 14.7. The van der Waals surface area contributed by atoms with Crippen molar-refractivity contribution in [3.8, 4) is 5.75 Å². The monoisotopic (exact) mass is 316 g/mol. The van der Waals surface area contributed by atoms with Gasteiger partial charge in [0, 0.05) is 36.8 Å². The molecule has 5 nitrogen and oxygen atoms in total. The molecule has 1 aromatic heterocycles. The molecule has 0 radical (unpaired) electrons. The van der Waals surface area contributed by atoms with Crippen LogP contribution in [0.2, 0.25) is 0 Å². The summed E-state index contributed by atoms with van der Waals surface area (Å²) in [7, 11) is 3.68. The van der Waals surface area contributed by atoms with E-state index in [-0.39, 0.29) is 6.09 Å². The second-order valence-corrected chi connectivity index (χ2v) is 7.09. The van der Waals surface area contributed by atoms with E-state index >= 15 is 0 Å². The predicted octanol–water partition coefficient (Wildman–Crippen LogP) is 3.79. The summed E-state index contributed by atoms with van der Waals surface area (Å²) in [4.78, 5) is 14.4. The lowest BCUT2D eigenvalue weighted by molar-refractivity contribution is 0.0580. The number of nitrogens with zero attached hydrogens (tertiary/aromatic N) is 2. The van der Waals surface area contributed by atoms with Crippen molar-refractivity contribution in [2.75, 3.05) is 18.6 Å². The van der Waals surface area contributed by atoms with Crippen LogP contribution in [0.5, 0.6) is 5.75 Å². The number of benzene rings is 1. The first-order valence-electron chi connectivity index (χ1n) is 7.89. The van der Waals surface area contributed by atoms with Crippen molar-refractivity contribution in [3.05, 3.63) is 23.4 Å². The van der Waals surface area contributed by atoms with Gasteiger partial charge in [0.25, 0.3) is 0 Å². The number of anilines is 1. The maximum absolute atomic E-state index is 12.7. The quantitative estimate of drug-likeness (QED) is 0.804. The Kier molecular flexibility index (Phi) is 3.54. The fourth-order valence-electron chi connectivity index (χ4n) is 3.28. The van der Waals surface area contributed by atoms with E-state index in [1.807, 2.05) is 40.8 Å². The van der Waals surface area contributed by atoms with Crippen LogP contribution in [0.1, 0.15) is 31.9 Å². The van der Waals surface area contributed by atoms with Gasteiger partial charge in [-0.2, -0.15) is 0 Å². The van der Waals surface area contributed by atoms with Crippen molar-refractivity contribution in [2.45, 2.75) is 39.7 Å². The van der Waals surface area contributed by atoms with Crippen molar-refractivity contribution in [3.63, 3.8) is 0 Å². The van der Waals surface area contributed by atoms with Gasteiger partial charge in [0.15, 0.2) is 0 Å². The molecular weight excluding hydrogens is 292 g/mol. The van der Waals surface area contributed by atoms with Crippen LogP contribution >= 0.6 is 0 Å². The van der Waals surface area contributed by atoms with Gasteiger partial charge in [-0.15, -0.1) is 0 Å². The zero-order valence-corrected chi connectivity index (χ0v) is 14.7. The van der Waals surface area contributed by atoms with Gasteiger partial charge in [0.1, 0.15) is 11.4 Å². The molecule has 0 bridgehead atoms. The van der Waals surface area contributed by atoms with Crippen molar-refractivity contribution < 1.29 is 14.3 Å². The van der Waals surface area contributed by atoms with E-state index in [4.69, 9.17) is 9.47 Å². The highest BCUT2D eigenvalue weighted by Crippen LogP contribution is 2.42. The maximum Gasteiger partial charge on any atom is 0.414 e. The van der Waals surface area contributed by atoms with Crippen molar-refractivity contribution in [2.24, 2.45) is 7.05 Å². The van der Waals surface area contributed by atoms with E-state index in [9.17, 15) is 4.79 Å². The van der Waals surface area contributed by atoms with Gasteiger partial charge < -0.3 is 14.0 Å². The summed E-state index contributed by atoms with van der Waals surface area (Å²) in [5.74, 6) is 0.788. The summed E-state index contributed by atoms with van der Waals surface area (Å²) in [5, 5.41) is 1.13. The molecule has 1 aliphatic heterocycles. The Bertz CT molecular complexity index is 784. The molecule has 5 heteroatoms. The number of hydrogen-bond donors (Lipinski definition) is 0. The van der Waals surface area contributed by atoms with E-state index < -0.39 is 5.60 Å². The Morgan fingerprint density at radius 2 is 2.00 bits per heavy atom. The third-order valence-electron chi connectivity index (χ3n) is 4.24. The number of amides is 1. The van der Waals surface area contributed by atoms with Crippen LogP contribution in [0.3, 0.4) is 0 Å². The van der Waals surface area contributed by atoms with E-state index in [1.165, 1.54) is 5.56 Å². The Balaban J connectivity index is 2.20. The first kappa shape index (κ1) is 15.7. The summed E-state index contributed by atoms with van der Waals surface area (Å²) in [6.07, 6.45) is 2.67. The van der Waals surface area contributed by atoms with E-state index in [2.05, 4.69) is 10.8 Å². The number of aryl methyl sites for hydroxylation is 1. The van der Waals surface area contributed by atoms with Crippen LogP contribution in [-0.2, 0) is 18.2 Å². The van der Waals surface area contributed by atoms with Crippen LogP contribution in [-0.4, -0.2) is 29.9 Å². The average molecular weight is 316 g/mol. The van der Waals surface area contributed by atoms with Crippen LogP contribution in [0.4, 0.5) is 10.5 Å². The third-order valence-corrected chi connectivity index (χ3v) is 4.24. The summed E-state index contributed by atoms with van der Waals surface area (Å²) >= 11 is 0. The second-order valence-electron chi connectivity index (χ2n) is 7.09. The number of hydrogen-bond acceptors (Lipinski definition) is 3. The highest BCUT2D eigenvalue weighted by Gasteiger charge is 2.31. The number of rotatable bonds is 1. The van der Waals surface area contributed by atoms with Crippen LogP contribution in [0.25, 0.3) is 10.9 Å². The van der Waals surface area contributed by atoms with E-state index in [0.717, 1.165) is 34.3 Å². The lowest BCUT2D eigenvalue weighted by atomic mass is 9.99. The first-order valence-corrected chi connectivity index (χ1v) is 7.89. The molecule has 1 amide bonds. The third kappa shape index (κ3) is 2.54. The van der Waals surface area contributed by atoms with Crippen molar-refractivity contribution in [1.29, 1.82) is 0 Å². The molecule has 3 rings (SSSR count). The predicted molar refractivity (Wildman–Crippen MR) is 91.5 cm³/mol. The number of carbonyl (C=O) groups is 1. The molecule has 23 heavy (non-hydrogen) atoms. The summed E-state index contributed by atoms with van der Waals surface area (Å²) < 4.78 is 13.2. The molecule has 0 aliphatic carbocycles. The highest BCUT2D eigenvalue weighted by molar-refractivity contribution is 6.06. The number of methoxy groups -OCH3 is 1. The van der Waals surface area contributed by atoms with Crippen molar-refractivity contribution in [1.82, 2.24) is 4.57 Å². The normalized spacial score (nSPS) is 14.3. The molecule has 1 aliphatic rings. The molecule has 0 N–H and O–H groups in total. The molecule has 0 saturated heterocycles. The lowest BCUT2D eigenvalue weighted by Gasteiger charge is -2.32. The van der Waals surface area contributed by atoms with Crippen LogP contribution in [0.15, 0.2) is 12.3 Å². The van der Waals surface area contributed by atoms with Crippen LogP contribution < -0.4 is 9.64 Å². The summed E-state index contributed by atoms with van der Waals surface area (Å²) in [5.41, 5.74) is 3.71. The topological polar surface area (TPSA) is 43.7 Å². The van der Waals surface area contributed by atoms with Gasteiger partial charge in [0.05, 0.1) is 18.3 Å². The van der Waals surface area contributed by atoms with Crippen molar-refractivity contribution >= 4 is 22.7 Å². The first-order chi connectivity index (χ1) is 10.7. The smallest absolute Gasteiger partial charge is 0.414 e. The molecule has 0 atom stereocenters. The Labute approximate surface area is 136 Å². The van der Waals surface area contributed by atoms with E-state index in [1.54, 1.807) is 12.0 Å². The molecule has 124 valence electrons. The van der Waals surface area contributed by atoms with Gasteiger partial charge in [-0.3, -0.25) is 4.90 Å². The fraction of sp³-hybridized carbons (Fsp3) is 0.500. The SMILES string of the molecule is COc1cc2c3c(cn2C)CCN(C(=O)OC(C)(C)C)c3c1C. The average Bonchev–Trinajstić information content (AvgIpc) is 2.77. The number of carbonyl (C=O) groups excluding carboxylic acids is 1. The minimum atomic E-state index is -0.514. The molecule has 0 saturated carbocycles. The molecular formula is C18H24N2O3. The van der Waals surface area contributed by atoms with Gasteiger partial charge in [-0.05, 0) is 39.7 Å². The number of aromatic nitrogens is 1. The fourth-order valence-corrected chi connectivity index (χ4v) is 3.28. The molecule has 0 unspecified atom stereocenters. The van der Waals surface area contributed by atoms with Gasteiger partial charge in [0.2, 0.25) is 0 Å². The van der Waals surface area contributed by atoms with Gasteiger partial charge >= 0.3 is 6.09 Å². The minimum absolute atomic E-state index is 0.301. The zero-order chi connectivity index (χ0) is 16.9. The molecule has 1 aromatic carbocycles. The molecule has 0 fully saturated rings. The molecule has 0 spiro atoms. The summed E-state index contributed by atoms with van der Waals surface area (Å²) in [6.45, 7) is 8.27. The van der Waals surface area contributed by atoms with Gasteiger partial charge in [-0.1, -0.05) is 0 Å². The second kappa shape index (κ2) is 5.18. The van der Waals surface area contributed by atoms with Gasteiger partial charge in [-0.25, -0.2) is 4.79 Å². The number of ether oxygens (including phenoxy) is 2. The molecule has 2 aromatic rings. The molecule has 2 heterocycles. The Morgan fingerprint density at radius 3 is 2.61 bits per heavy atom.